The van der Waals surface area contributed by atoms with E-state index in [-0.39, 0.29) is 25.1 Å². The molecule has 0 saturated heterocycles. The summed E-state index contributed by atoms with van der Waals surface area (Å²) in [5.74, 6) is -1.19. The summed E-state index contributed by atoms with van der Waals surface area (Å²) >= 11 is 0. The molecule has 0 radical (unpaired) electrons. The lowest BCUT2D eigenvalue weighted by Gasteiger charge is -2.12. The molecule has 9 heteroatoms. The second-order valence-corrected chi connectivity index (χ2v) is 6.69. The zero-order valence-electron chi connectivity index (χ0n) is 16.2. The Labute approximate surface area is 171 Å². The highest BCUT2D eigenvalue weighted by Crippen LogP contribution is 2.18. The minimum absolute atomic E-state index is 0.0464. The Balaban J connectivity index is 1.62. The first kappa shape index (κ1) is 21.0. The third-order valence-corrected chi connectivity index (χ3v) is 4.28. The minimum atomic E-state index is -0.565. The number of benzene rings is 2. The van der Waals surface area contributed by atoms with Crippen molar-refractivity contribution < 1.29 is 23.1 Å². The molecular weight excluding hydrogens is 394 g/mol. The fraction of sp³-hybridized carbons (Fsp3) is 0.190. The second kappa shape index (κ2) is 9.17. The summed E-state index contributed by atoms with van der Waals surface area (Å²) in [6.07, 6.45) is 1.64. The van der Waals surface area contributed by atoms with E-state index in [0.29, 0.717) is 17.1 Å². The first-order valence-corrected chi connectivity index (χ1v) is 9.08. The topological polar surface area (TPSA) is 99.2 Å². The van der Waals surface area contributed by atoms with Gasteiger partial charge in [-0.25, -0.2) is 13.5 Å². The molecule has 0 aliphatic carbocycles. The first-order valence-electron chi connectivity index (χ1n) is 9.08. The van der Waals surface area contributed by atoms with Crippen LogP contribution in [0.1, 0.15) is 16.7 Å². The number of hydrogen-bond donors (Lipinski definition) is 2. The number of aromatic nitrogens is 2. The maximum Gasteiger partial charge on any atom is 0.263 e. The van der Waals surface area contributed by atoms with Gasteiger partial charge in [0.2, 0.25) is 5.91 Å². The fourth-order valence-corrected chi connectivity index (χ4v) is 2.81. The molecule has 0 aliphatic heterocycles. The van der Waals surface area contributed by atoms with Crippen molar-refractivity contribution in [2.24, 2.45) is 5.73 Å². The molecule has 3 N–H and O–H groups in total. The van der Waals surface area contributed by atoms with E-state index in [0.717, 1.165) is 23.8 Å². The second-order valence-electron chi connectivity index (χ2n) is 6.69. The van der Waals surface area contributed by atoms with E-state index in [9.17, 15) is 18.4 Å². The highest BCUT2D eigenvalue weighted by Gasteiger charge is 2.14. The van der Waals surface area contributed by atoms with E-state index in [1.165, 1.54) is 10.9 Å². The van der Waals surface area contributed by atoms with Crippen molar-refractivity contribution in [3.8, 4) is 5.75 Å². The molecule has 3 aromatic rings. The molecule has 0 aliphatic rings. The number of halogens is 2. The van der Waals surface area contributed by atoms with E-state index < -0.39 is 23.4 Å². The summed E-state index contributed by atoms with van der Waals surface area (Å²) < 4.78 is 34.2. The fourth-order valence-electron chi connectivity index (χ4n) is 2.81. The average Bonchev–Trinajstić information content (AvgIpc) is 3.03. The van der Waals surface area contributed by atoms with Crippen molar-refractivity contribution in [1.82, 2.24) is 9.78 Å². The molecule has 156 valence electrons. The molecule has 2 amide bonds. The number of nitrogens with zero attached hydrogens (tertiary/aromatic N) is 2. The van der Waals surface area contributed by atoms with Crippen molar-refractivity contribution in [1.29, 1.82) is 0 Å². The van der Waals surface area contributed by atoms with Crippen LogP contribution < -0.4 is 15.8 Å². The van der Waals surface area contributed by atoms with Crippen LogP contribution in [0.5, 0.6) is 5.75 Å². The molecule has 0 bridgehead atoms. The number of anilines is 1. The molecule has 1 heterocycles. The van der Waals surface area contributed by atoms with Gasteiger partial charge in [-0.2, -0.15) is 5.10 Å². The summed E-state index contributed by atoms with van der Waals surface area (Å²) in [6.45, 7) is 1.42. The normalized spacial score (nSPS) is 10.6. The van der Waals surface area contributed by atoms with Crippen molar-refractivity contribution in [2.45, 2.75) is 19.9 Å². The van der Waals surface area contributed by atoms with Gasteiger partial charge >= 0.3 is 0 Å². The highest BCUT2D eigenvalue weighted by molar-refractivity contribution is 5.91. The smallest absolute Gasteiger partial charge is 0.263 e. The monoisotopic (exact) mass is 414 g/mol. The molecule has 0 unspecified atom stereocenters. The summed E-state index contributed by atoms with van der Waals surface area (Å²) in [4.78, 5) is 23.2. The zero-order valence-corrected chi connectivity index (χ0v) is 16.2. The van der Waals surface area contributed by atoms with Gasteiger partial charge in [-0.15, -0.1) is 0 Å². The van der Waals surface area contributed by atoms with E-state index in [4.69, 9.17) is 10.5 Å². The summed E-state index contributed by atoms with van der Waals surface area (Å²) in [7, 11) is 0. The van der Waals surface area contributed by atoms with Gasteiger partial charge in [-0.05, 0) is 42.8 Å². The lowest BCUT2D eigenvalue weighted by Crippen LogP contribution is -2.23. The number of rotatable bonds is 8. The number of aryl methyl sites for hydroxylation is 1. The molecule has 0 atom stereocenters. The van der Waals surface area contributed by atoms with Gasteiger partial charge in [0.05, 0.1) is 19.2 Å². The van der Waals surface area contributed by atoms with Crippen LogP contribution in [-0.4, -0.2) is 28.2 Å². The van der Waals surface area contributed by atoms with Crippen LogP contribution in [0.25, 0.3) is 0 Å². The number of amides is 2. The molecule has 0 fully saturated rings. The number of carbonyl (C=O) groups excluding carboxylic acids is 2. The summed E-state index contributed by atoms with van der Waals surface area (Å²) in [5.41, 5.74) is 6.66. The molecule has 3 rings (SSSR count). The number of nitrogens with two attached hydrogens (primary N) is 1. The van der Waals surface area contributed by atoms with Gasteiger partial charge in [-0.1, -0.05) is 12.1 Å². The standard InChI is InChI=1S/C21H20F2N4O3/c1-13-10-25-27(11-15-9-16(22)4-7-18(15)23)21(13)26-20(29)12-30-17-5-2-14(3-6-17)8-19(24)28/h2-7,9-10H,8,11-12H2,1H3,(H2,24,28)(H,26,29). The van der Waals surface area contributed by atoms with Gasteiger partial charge in [0.1, 0.15) is 23.2 Å². The quantitative estimate of drug-likeness (QED) is 0.592. The largest absolute Gasteiger partial charge is 0.484 e. The van der Waals surface area contributed by atoms with Gasteiger partial charge < -0.3 is 15.8 Å². The highest BCUT2D eigenvalue weighted by atomic mass is 19.1. The van der Waals surface area contributed by atoms with Crippen LogP contribution in [0, 0.1) is 18.6 Å². The molecular formula is C21H20F2N4O3. The Morgan fingerprint density at radius 3 is 2.60 bits per heavy atom. The van der Waals surface area contributed by atoms with Gasteiger partial charge in [0.15, 0.2) is 6.61 Å². The van der Waals surface area contributed by atoms with Crippen molar-refractivity contribution in [3.05, 3.63) is 77.0 Å². The lowest BCUT2D eigenvalue weighted by atomic mass is 10.1. The maximum atomic E-state index is 13.9. The molecule has 0 saturated carbocycles. The third-order valence-electron chi connectivity index (χ3n) is 4.28. The predicted molar refractivity (Wildman–Crippen MR) is 106 cm³/mol. The van der Waals surface area contributed by atoms with Crippen LogP contribution in [-0.2, 0) is 22.6 Å². The summed E-state index contributed by atoms with van der Waals surface area (Å²) in [6, 6.07) is 9.80. The van der Waals surface area contributed by atoms with Crippen molar-refractivity contribution >= 4 is 17.6 Å². The molecule has 1 aromatic heterocycles. The van der Waals surface area contributed by atoms with Crippen molar-refractivity contribution in [2.75, 3.05) is 11.9 Å². The number of ether oxygens (including phenoxy) is 1. The Hall–Kier alpha value is -3.75. The van der Waals surface area contributed by atoms with Gasteiger partial charge in [0, 0.05) is 11.1 Å². The Bertz CT molecular complexity index is 1060. The number of hydrogen-bond acceptors (Lipinski definition) is 4. The SMILES string of the molecule is Cc1cnn(Cc2cc(F)ccc2F)c1NC(=O)COc1ccc(CC(N)=O)cc1. The third kappa shape index (κ3) is 5.40. The van der Waals surface area contributed by atoms with Gasteiger partial charge in [-0.3, -0.25) is 9.59 Å². The maximum absolute atomic E-state index is 13.9. The lowest BCUT2D eigenvalue weighted by molar-refractivity contribution is -0.118. The number of primary amides is 1. The van der Waals surface area contributed by atoms with Crippen LogP contribution in [0.2, 0.25) is 0 Å². The van der Waals surface area contributed by atoms with E-state index >= 15 is 0 Å². The molecule has 7 nitrogen and oxygen atoms in total. The summed E-state index contributed by atoms with van der Waals surface area (Å²) in [5, 5.41) is 6.80. The van der Waals surface area contributed by atoms with Crippen molar-refractivity contribution in [3.63, 3.8) is 0 Å². The van der Waals surface area contributed by atoms with E-state index in [1.807, 2.05) is 0 Å². The van der Waals surface area contributed by atoms with E-state index in [1.54, 1.807) is 31.2 Å². The number of nitrogens with one attached hydrogen (secondary N) is 1. The van der Waals surface area contributed by atoms with E-state index in [2.05, 4.69) is 10.4 Å². The Kier molecular flexibility index (Phi) is 6.41. The van der Waals surface area contributed by atoms with Crippen LogP contribution in [0.4, 0.5) is 14.6 Å². The molecule has 30 heavy (non-hydrogen) atoms. The Morgan fingerprint density at radius 1 is 1.17 bits per heavy atom. The predicted octanol–water partition coefficient (Wildman–Crippen LogP) is 2.56. The molecule has 2 aromatic carbocycles. The van der Waals surface area contributed by atoms with Crippen LogP contribution >= 0.6 is 0 Å². The molecule has 0 spiro atoms. The Morgan fingerprint density at radius 2 is 1.90 bits per heavy atom. The average molecular weight is 414 g/mol. The van der Waals surface area contributed by atoms with Crippen LogP contribution in [0.3, 0.4) is 0 Å². The van der Waals surface area contributed by atoms with Crippen LogP contribution in [0.15, 0.2) is 48.7 Å². The minimum Gasteiger partial charge on any atom is -0.484 e. The zero-order chi connectivity index (χ0) is 21.7. The first-order chi connectivity index (χ1) is 14.3. The number of carbonyl (C=O) groups is 2. The van der Waals surface area contributed by atoms with Gasteiger partial charge in [0.25, 0.3) is 5.91 Å².